The largest absolute Gasteiger partial charge is 0.508 e. The predicted octanol–water partition coefficient (Wildman–Crippen LogP) is 3.74. The van der Waals surface area contributed by atoms with E-state index in [9.17, 15) is 9.90 Å². The smallest absolute Gasteiger partial charge is 0.315 e. The number of nitrogens with one attached hydrogen (secondary N) is 2. The Bertz CT molecular complexity index is 807. The number of carbonyl (C=O) groups excluding carboxylic acids is 1. The van der Waals surface area contributed by atoms with E-state index < -0.39 is 5.54 Å². The average Bonchev–Trinajstić information content (AvgIpc) is 3.20. The van der Waals surface area contributed by atoms with Crippen LogP contribution in [0.5, 0.6) is 5.75 Å². The van der Waals surface area contributed by atoms with Gasteiger partial charge in [0.2, 0.25) is 5.89 Å². The lowest BCUT2D eigenvalue weighted by atomic mass is 9.97. The van der Waals surface area contributed by atoms with Gasteiger partial charge >= 0.3 is 6.03 Å². The molecule has 150 valence electrons. The number of rotatable bonds is 7. The molecule has 0 aliphatic heterocycles. The van der Waals surface area contributed by atoms with Gasteiger partial charge in [-0.3, -0.25) is 0 Å². The van der Waals surface area contributed by atoms with Crippen LogP contribution in [0.2, 0.25) is 0 Å². The van der Waals surface area contributed by atoms with Gasteiger partial charge in [-0.25, -0.2) is 4.79 Å². The number of amides is 2. The van der Waals surface area contributed by atoms with Gasteiger partial charge in [-0.1, -0.05) is 30.1 Å². The monoisotopic (exact) mass is 384 g/mol. The van der Waals surface area contributed by atoms with E-state index in [1.165, 1.54) is 0 Å². The van der Waals surface area contributed by atoms with Crippen molar-refractivity contribution in [1.29, 1.82) is 0 Å². The van der Waals surface area contributed by atoms with Crippen LogP contribution in [0, 0.1) is 0 Å². The fourth-order valence-electron chi connectivity index (χ4n) is 3.90. The molecule has 2 saturated carbocycles. The summed E-state index contributed by atoms with van der Waals surface area (Å²) >= 11 is 0. The van der Waals surface area contributed by atoms with Crippen LogP contribution < -0.4 is 10.6 Å². The lowest BCUT2D eigenvalue weighted by Gasteiger charge is -2.28. The van der Waals surface area contributed by atoms with Crippen molar-refractivity contribution in [2.75, 3.05) is 0 Å². The summed E-state index contributed by atoms with van der Waals surface area (Å²) in [6.45, 7) is 2.00. The normalized spacial score (nSPS) is 19.3. The van der Waals surface area contributed by atoms with E-state index in [0.29, 0.717) is 17.6 Å². The van der Waals surface area contributed by atoms with Crippen molar-refractivity contribution in [3.05, 3.63) is 41.5 Å². The number of urea groups is 1. The van der Waals surface area contributed by atoms with Gasteiger partial charge in [-0.05, 0) is 63.1 Å². The number of benzene rings is 1. The molecule has 1 aromatic heterocycles. The number of aromatic hydroxyl groups is 1. The highest BCUT2D eigenvalue weighted by atomic mass is 16.5. The van der Waals surface area contributed by atoms with Crippen LogP contribution in [-0.4, -0.2) is 27.3 Å². The van der Waals surface area contributed by atoms with Gasteiger partial charge < -0.3 is 20.3 Å². The summed E-state index contributed by atoms with van der Waals surface area (Å²) in [6.07, 6.45) is 7.65. The Morgan fingerprint density at radius 1 is 1.29 bits per heavy atom. The molecule has 0 saturated heterocycles. The molecule has 1 atom stereocenters. The molecular formula is C21H28N4O3. The van der Waals surface area contributed by atoms with Gasteiger partial charge in [-0.2, -0.15) is 4.98 Å². The third-order valence-corrected chi connectivity index (χ3v) is 5.79. The first-order chi connectivity index (χ1) is 13.5. The van der Waals surface area contributed by atoms with E-state index in [-0.39, 0.29) is 17.8 Å². The summed E-state index contributed by atoms with van der Waals surface area (Å²) in [4.78, 5) is 17.3. The van der Waals surface area contributed by atoms with Gasteiger partial charge in [0.05, 0.1) is 0 Å². The molecule has 2 aliphatic carbocycles. The first kappa shape index (κ1) is 18.8. The number of aromatic nitrogens is 2. The topological polar surface area (TPSA) is 100 Å². The van der Waals surface area contributed by atoms with Gasteiger partial charge in [0, 0.05) is 12.0 Å². The maximum Gasteiger partial charge on any atom is 0.315 e. The van der Waals surface area contributed by atoms with E-state index in [2.05, 4.69) is 20.8 Å². The van der Waals surface area contributed by atoms with E-state index in [1.807, 2.05) is 19.1 Å². The second-order valence-corrected chi connectivity index (χ2v) is 8.22. The zero-order valence-corrected chi connectivity index (χ0v) is 16.3. The summed E-state index contributed by atoms with van der Waals surface area (Å²) in [7, 11) is 0. The van der Waals surface area contributed by atoms with Crippen molar-refractivity contribution in [3.8, 4) is 5.75 Å². The average molecular weight is 384 g/mol. The lowest BCUT2D eigenvalue weighted by Crippen LogP contribution is -2.51. The van der Waals surface area contributed by atoms with Gasteiger partial charge in [0.15, 0.2) is 5.82 Å². The minimum absolute atomic E-state index is 0.0274. The number of phenols is 1. The molecule has 2 amide bonds. The highest BCUT2D eigenvalue weighted by Crippen LogP contribution is 2.42. The number of carbonyl (C=O) groups is 1. The van der Waals surface area contributed by atoms with Crippen LogP contribution in [0.15, 0.2) is 28.8 Å². The molecule has 4 rings (SSSR count). The third kappa shape index (κ3) is 4.29. The molecule has 0 bridgehead atoms. The van der Waals surface area contributed by atoms with Crippen molar-refractivity contribution < 1.29 is 14.4 Å². The minimum Gasteiger partial charge on any atom is -0.508 e. The van der Waals surface area contributed by atoms with Crippen LogP contribution in [0.25, 0.3) is 0 Å². The number of hydrogen-bond acceptors (Lipinski definition) is 5. The first-order valence-electron chi connectivity index (χ1n) is 10.2. The second-order valence-electron chi connectivity index (χ2n) is 8.22. The quantitative estimate of drug-likeness (QED) is 0.675. The van der Waals surface area contributed by atoms with Crippen LogP contribution in [0.4, 0.5) is 4.79 Å². The van der Waals surface area contributed by atoms with Crippen molar-refractivity contribution in [2.24, 2.45) is 0 Å². The predicted molar refractivity (Wildman–Crippen MR) is 104 cm³/mol. The fraction of sp³-hybridized carbons (Fsp3) is 0.571. The van der Waals surface area contributed by atoms with Crippen LogP contribution >= 0.6 is 0 Å². The van der Waals surface area contributed by atoms with E-state index in [0.717, 1.165) is 56.9 Å². The van der Waals surface area contributed by atoms with Crippen molar-refractivity contribution in [1.82, 2.24) is 20.8 Å². The van der Waals surface area contributed by atoms with Crippen molar-refractivity contribution >= 4 is 6.03 Å². The Morgan fingerprint density at radius 2 is 2.00 bits per heavy atom. The van der Waals surface area contributed by atoms with Crippen LogP contribution in [0.3, 0.4) is 0 Å². The molecular weight excluding hydrogens is 356 g/mol. The summed E-state index contributed by atoms with van der Waals surface area (Å²) in [6, 6.07) is 7.03. The molecule has 3 N–H and O–H groups in total. The van der Waals surface area contributed by atoms with E-state index in [1.54, 1.807) is 12.1 Å². The molecule has 1 heterocycles. The Hall–Kier alpha value is -2.57. The molecule has 7 nitrogen and oxygen atoms in total. The first-order valence-corrected chi connectivity index (χ1v) is 10.2. The summed E-state index contributed by atoms with van der Waals surface area (Å²) in [5.74, 6) is 2.01. The Morgan fingerprint density at radius 3 is 2.68 bits per heavy atom. The van der Waals surface area contributed by atoms with E-state index >= 15 is 0 Å². The van der Waals surface area contributed by atoms with Crippen molar-refractivity contribution in [3.63, 3.8) is 0 Å². The molecule has 0 radical (unpaired) electrons. The highest BCUT2D eigenvalue weighted by molar-refractivity contribution is 5.75. The number of nitrogens with zero attached hydrogens (tertiary/aromatic N) is 2. The molecule has 2 aromatic rings. The number of aryl methyl sites for hydroxylation is 1. The molecule has 0 unspecified atom stereocenters. The second kappa shape index (κ2) is 7.81. The van der Waals surface area contributed by atoms with Gasteiger partial charge in [0.25, 0.3) is 0 Å². The standard InChI is InChI=1S/C21H28N4O3/c1-14(4-5-15-6-10-17(26)11-7-15)22-20(27)24-21(12-2-3-13-21)19-23-18(28-25-19)16-8-9-16/h6-7,10-11,14,16,26H,2-5,8-9,12-13H2,1H3,(H2,22,24,27)/t14-/m1/s1. The maximum absolute atomic E-state index is 12.7. The fourth-order valence-corrected chi connectivity index (χ4v) is 3.90. The minimum atomic E-state index is -0.516. The van der Waals surface area contributed by atoms with E-state index in [4.69, 9.17) is 4.52 Å². The summed E-state index contributed by atoms with van der Waals surface area (Å²) in [5, 5.41) is 19.7. The van der Waals surface area contributed by atoms with Gasteiger partial charge in [-0.15, -0.1) is 0 Å². The SMILES string of the molecule is C[C@H](CCc1ccc(O)cc1)NC(=O)NC1(c2noc(C3CC3)n2)CCCC1. The third-order valence-electron chi connectivity index (χ3n) is 5.79. The summed E-state index contributed by atoms with van der Waals surface area (Å²) < 4.78 is 5.43. The summed E-state index contributed by atoms with van der Waals surface area (Å²) in [5.41, 5.74) is 0.621. The Balaban J connectivity index is 1.33. The number of hydrogen-bond donors (Lipinski definition) is 3. The Labute approximate surface area is 164 Å². The van der Waals surface area contributed by atoms with Crippen LogP contribution in [0.1, 0.15) is 75.1 Å². The molecule has 1 aromatic carbocycles. The Kier molecular flexibility index (Phi) is 5.24. The molecule has 2 aliphatic rings. The highest BCUT2D eigenvalue weighted by Gasteiger charge is 2.42. The van der Waals surface area contributed by atoms with Crippen molar-refractivity contribution in [2.45, 2.75) is 75.8 Å². The molecule has 2 fully saturated rings. The molecule has 0 spiro atoms. The zero-order valence-electron chi connectivity index (χ0n) is 16.3. The van der Waals surface area contributed by atoms with Gasteiger partial charge in [0.1, 0.15) is 11.3 Å². The van der Waals surface area contributed by atoms with Crippen LogP contribution in [-0.2, 0) is 12.0 Å². The number of phenolic OH excluding ortho intramolecular Hbond substituents is 1. The molecule has 7 heteroatoms. The lowest BCUT2D eigenvalue weighted by molar-refractivity contribution is 0.217. The zero-order chi connectivity index (χ0) is 19.6. The molecule has 28 heavy (non-hydrogen) atoms. The maximum atomic E-state index is 12.7.